The summed E-state index contributed by atoms with van der Waals surface area (Å²) in [7, 11) is 3.87. The van der Waals surface area contributed by atoms with Gasteiger partial charge in [0.2, 0.25) is 0 Å². The molecule has 0 aliphatic rings. The van der Waals surface area contributed by atoms with Gasteiger partial charge >= 0.3 is 6.03 Å². The van der Waals surface area contributed by atoms with Crippen molar-refractivity contribution >= 4 is 34.7 Å². The lowest BCUT2D eigenvalue weighted by atomic mass is 10.1. The number of nitrogens with one attached hydrogen (secondary N) is 2. The van der Waals surface area contributed by atoms with Crippen molar-refractivity contribution < 1.29 is 4.79 Å². The van der Waals surface area contributed by atoms with Gasteiger partial charge in [-0.05, 0) is 24.6 Å². The molecule has 1 heterocycles. The molecule has 4 aromatic rings. The summed E-state index contributed by atoms with van der Waals surface area (Å²) in [5.74, 6) is 0.547. The number of benzene rings is 3. The van der Waals surface area contributed by atoms with E-state index in [2.05, 4.69) is 15.6 Å². The molecular formula is C26H24ClN5O. The molecule has 0 atom stereocenters. The van der Waals surface area contributed by atoms with Crippen LogP contribution in [0.2, 0.25) is 5.02 Å². The molecule has 7 heteroatoms. The molecule has 0 bridgehead atoms. The minimum absolute atomic E-state index is 0.392. The minimum Gasteiger partial charge on any atom is -0.376 e. The number of amides is 2. The molecule has 0 saturated carbocycles. The Morgan fingerprint density at radius 2 is 1.64 bits per heavy atom. The molecule has 1 aromatic heterocycles. The monoisotopic (exact) mass is 457 g/mol. The molecule has 0 fully saturated rings. The van der Waals surface area contributed by atoms with Crippen LogP contribution in [0.15, 0.2) is 79.0 Å². The van der Waals surface area contributed by atoms with Gasteiger partial charge in [0.1, 0.15) is 0 Å². The van der Waals surface area contributed by atoms with Gasteiger partial charge in [0.15, 0.2) is 5.82 Å². The number of anilines is 3. The first-order valence-electron chi connectivity index (χ1n) is 10.5. The molecule has 0 aliphatic heterocycles. The highest BCUT2D eigenvalue weighted by atomic mass is 35.5. The number of carbonyl (C=O) groups is 1. The smallest absolute Gasteiger partial charge is 0.323 e. The number of rotatable bonds is 5. The maximum absolute atomic E-state index is 13.0. The summed E-state index contributed by atoms with van der Waals surface area (Å²) in [6, 6.07) is 22.5. The molecule has 0 unspecified atom stereocenters. The van der Waals surface area contributed by atoms with Gasteiger partial charge in [-0.3, -0.25) is 0 Å². The molecule has 6 nitrogen and oxygen atoms in total. The number of aromatic nitrogens is 2. The third kappa shape index (κ3) is 4.96. The number of hydrogen-bond donors (Lipinski definition) is 2. The minimum atomic E-state index is -0.392. The topological polar surface area (TPSA) is 70.2 Å². The highest BCUT2D eigenvalue weighted by Gasteiger charge is 2.17. The van der Waals surface area contributed by atoms with Crippen LogP contribution in [0.25, 0.3) is 22.6 Å². The summed E-state index contributed by atoms with van der Waals surface area (Å²) in [6.45, 7) is 1.95. The van der Waals surface area contributed by atoms with Gasteiger partial charge in [-0.15, -0.1) is 0 Å². The summed E-state index contributed by atoms with van der Waals surface area (Å²) in [5, 5.41) is 6.41. The fraction of sp³-hybridized carbons (Fsp3) is 0.115. The third-order valence-corrected chi connectivity index (χ3v) is 5.50. The highest BCUT2D eigenvalue weighted by molar-refractivity contribution is 6.33. The lowest BCUT2D eigenvalue weighted by Gasteiger charge is -2.20. The number of hydrogen-bond acceptors (Lipinski definition) is 4. The maximum atomic E-state index is 13.0. The Balaban J connectivity index is 1.71. The number of urea groups is 1. The largest absolute Gasteiger partial charge is 0.376 e. The summed E-state index contributed by atoms with van der Waals surface area (Å²) in [5.41, 5.74) is 5.19. The SMILES string of the molecule is Cc1cccc(N(C)C)c1NC(=O)Nc1cnc(-c2ccccc2)nc1-c1ccccc1Cl. The molecule has 0 spiro atoms. The van der Waals surface area contributed by atoms with Crippen molar-refractivity contribution in [2.24, 2.45) is 0 Å². The van der Waals surface area contributed by atoms with Crippen LogP contribution in [-0.2, 0) is 0 Å². The number of nitrogens with zero attached hydrogens (tertiary/aromatic N) is 3. The number of halogens is 1. The summed E-state index contributed by atoms with van der Waals surface area (Å²) < 4.78 is 0. The summed E-state index contributed by atoms with van der Waals surface area (Å²) in [4.78, 5) is 24.2. The van der Waals surface area contributed by atoms with Crippen LogP contribution in [0.1, 0.15) is 5.56 Å². The van der Waals surface area contributed by atoms with Gasteiger partial charge in [0.05, 0.1) is 34.0 Å². The van der Waals surface area contributed by atoms with E-state index in [1.165, 1.54) is 0 Å². The van der Waals surface area contributed by atoms with Crippen LogP contribution >= 0.6 is 11.6 Å². The highest BCUT2D eigenvalue weighted by Crippen LogP contribution is 2.33. The van der Waals surface area contributed by atoms with Crippen LogP contribution in [0.4, 0.5) is 21.9 Å². The predicted molar refractivity (Wildman–Crippen MR) is 136 cm³/mol. The van der Waals surface area contributed by atoms with E-state index >= 15 is 0 Å². The van der Waals surface area contributed by atoms with Gasteiger partial charge in [0.25, 0.3) is 0 Å². The van der Waals surface area contributed by atoms with Crippen molar-refractivity contribution in [3.05, 3.63) is 89.6 Å². The average Bonchev–Trinajstić information content (AvgIpc) is 2.81. The number of para-hydroxylation sites is 1. The van der Waals surface area contributed by atoms with Crippen LogP contribution in [0.5, 0.6) is 0 Å². The maximum Gasteiger partial charge on any atom is 0.323 e. The lowest BCUT2D eigenvalue weighted by Crippen LogP contribution is -2.23. The Morgan fingerprint density at radius 3 is 2.36 bits per heavy atom. The molecule has 33 heavy (non-hydrogen) atoms. The predicted octanol–water partition coefficient (Wildman–Crippen LogP) is 6.48. The third-order valence-electron chi connectivity index (χ3n) is 5.17. The fourth-order valence-corrected chi connectivity index (χ4v) is 3.74. The first-order chi connectivity index (χ1) is 15.9. The van der Waals surface area contributed by atoms with Gasteiger partial charge in [-0.25, -0.2) is 14.8 Å². The quantitative estimate of drug-likeness (QED) is 0.359. The normalized spacial score (nSPS) is 10.5. The summed E-state index contributed by atoms with van der Waals surface area (Å²) >= 11 is 6.48. The number of carbonyl (C=O) groups excluding carboxylic acids is 1. The van der Waals surface area contributed by atoms with Gasteiger partial charge < -0.3 is 15.5 Å². The first kappa shape index (κ1) is 22.3. The fourth-order valence-electron chi connectivity index (χ4n) is 3.51. The van der Waals surface area contributed by atoms with Gasteiger partial charge in [0, 0.05) is 25.2 Å². The zero-order chi connectivity index (χ0) is 23.4. The van der Waals surface area contributed by atoms with E-state index in [4.69, 9.17) is 16.6 Å². The molecule has 2 N–H and O–H groups in total. The molecule has 0 aliphatic carbocycles. The van der Waals surface area contributed by atoms with Crippen molar-refractivity contribution in [1.29, 1.82) is 0 Å². The summed E-state index contributed by atoms with van der Waals surface area (Å²) in [6.07, 6.45) is 1.61. The lowest BCUT2D eigenvalue weighted by molar-refractivity contribution is 0.262. The molecule has 0 radical (unpaired) electrons. The Hall–Kier alpha value is -3.90. The Labute approximate surface area is 198 Å². The zero-order valence-corrected chi connectivity index (χ0v) is 19.4. The van der Waals surface area contributed by atoms with E-state index in [9.17, 15) is 4.79 Å². The molecular weight excluding hydrogens is 434 g/mol. The molecule has 166 valence electrons. The molecule has 4 rings (SSSR count). The van der Waals surface area contributed by atoms with Crippen molar-refractivity contribution in [1.82, 2.24) is 9.97 Å². The van der Waals surface area contributed by atoms with E-state index in [-0.39, 0.29) is 0 Å². The van der Waals surface area contributed by atoms with Crippen molar-refractivity contribution in [2.75, 3.05) is 29.6 Å². The molecule has 2 amide bonds. The van der Waals surface area contributed by atoms with Crippen molar-refractivity contribution in [2.45, 2.75) is 6.92 Å². The van der Waals surface area contributed by atoms with E-state index < -0.39 is 6.03 Å². The zero-order valence-electron chi connectivity index (χ0n) is 18.6. The van der Waals surface area contributed by atoms with Crippen molar-refractivity contribution in [3.8, 4) is 22.6 Å². The average molecular weight is 458 g/mol. The number of aryl methyl sites for hydroxylation is 1. The standard InChI is InChI=1S/C26H24ClN5O/c1-17-10-9-15-22(32(2)3)23(17)31-26(33)29-21-16-28-25(18-11-5-4-6-12-18)30-24(21)19-13-7-8-14-20(19)27/h4-16H,1-3H3,(H2,29,31,33). The second-order valence-electron chi connectivity index (χ2n) is 7.74. The van der Waals surface area contributed by atoms with E-state index in [0.29, 0.717) is 27.8 Å². The van der Waals surface area contributed by atoms with Crippen molar-refractivity contribution in [3.63, 3.8) is 0 Å². The van der Waals surface area contributed by atoms with Gasteiger partial charge in [-0.2, -0.15) is 0 Å². The van der Waals surface area contributed by atoms with Gasteiger partial charge in [-0.1, -0.05) is 72.3 Å². The van der Waals surface area contributed by atoms with E-state index in [0.717, 1.165) is 22.5 Å². The van der Waals surface area contributed by atoms with Crippen LogP contribution < -0.4 is 15.5 Å². The second-order valence-corrected chi connectivity index (χ2v) is 8.15. The van der Waals surface area contributed by atoms with Crippen LogP contribution in [-0.4, -0.2) is 30.1 Å². The van der Waals surface area contributed by atoms with E-state index in [1.807, 2.05) is 92.6 Å². The van der Waals surface area contributed by atoms with Crippen LogP contribution in [0.3, 0.4) is 0 Å². The van der Waals surface area contributed by atoms with Crippen LogP contribution in [0, 0.1) is 6.92 Å². The molecule has 3 aromatic carbocycles. The Morgan fingerprint density at radius 1 is 0.909 bits per heavy atom. The Bertz CT molecular complexity index is 1290. The first-order valence-corrected chi connectivity index (χ1v) is 10.8. The van der Waals surface area contributed by atoms with E-state index in [1.54, 1.807) is 12.3 Å². The Kier molecular flexibility index (Phi) is 6.56. The molecule has 0 saturated heterocycles. The second kappa shape index (κ2) is 9.71.